The topological polar surface area (TPSA) is 42.4 Å². The van der Waals surface area contributed by atoms with Crippen molar-refractivity contribution < 1.29 is 9.53 Å². The van der Waals surface area contributed by atoms with E-state index >= 15 is 0 Å². The fraction of sp³-hybridized carbons (Fsp3) is 0.667. The minimum absolute atomic E-state index is 0.0681. The number of carbonyl (C=O) groups is 1. The van der Waals surface area contributed by atoms with Gasteiger partial charge < -0.3 is 9.64 Å². The number of esters is 1. The Kier molecular flexibility index (Phi) is 4.12. The van der Waals surface area contributed by atoms with Gasteiger partial charge in [0.2, 0.25) is 0 Å². The Bertz CT molecular complexity index is 392. The molecule has 1 aromatic heterocycles. The van der Waals surface area contributed by atoms with Gasteiger partial charge in [-0.25, -0.2) is 4.98 Å². The molecule has 0 aromatic carbocycles. The Hall–Kier alpha value is -0.940. The van der Waals surface area contributed by atoms with Crippen molar-refractivity contribution in [3.05, 3.63) is 16.1 Å². The summed E-state index contributed by atoms with van der Waals surface area (Å²) < 4.78 is 4.78. The van der Waals surface area contributed by atoms with E-state index < -0.39 is 0 Å². The molecule has 0 spiro atoms. The minimum Gasteiger partial charge on any atom is -0.469 e. The molecule has 1 saturated heterocycles. The molecule has 1 aliphatic rings. The number of hydrogen-bond donors (Lipinski definition) is 0. The molecule has 0 radical (unpaired) electrons. The van der Waals surface area contributed by atoms with Crippen LogP contribution in [0.25, 0.3) is 0 Å². The summed E-state index contributed by atoms with van der Waals surface area (Å²) in [6.07, 6.45) is 1.96. The number of carbonyl (C=O) groups excluding carboxylic acids is 1. The first-order valence-electron chi connectivity index (χ1n) is 5.90. The zero-order valence-corrected chi connectivity index (χ0v) is 11.1. The smallest absolute Gasteiger partial charge is 0.310 e. The van der Waals surface area contributed by atoms with Crippen LogP contribution in [0.3, 0.4) is 0 Å². The van der Waals surface area contributed by atoms with E-state index in [0.717, 1.165) is 38.2 Å². The molecule has 0 N–H and O–H groups in total. The Morgan fingerprint density at radius 1 is 1.71 bits per heavy atom. The number of aromatic nitrogens is 1. The third-order valence-electron chi connectivity index (χ3n) is 3.31. The van der Waals surface area contributed by atoms with Crippen LogP contribution < -0.4 is 0 Å². The second-order valence-electron chi connectivity index (χ2n) is 4.42. The zero-order chi connectivity index (χ0) is 12.3. The largest absolute Gasteiger partial charge is 0.469 e. The first-order valence-corrected chi connectivity index (χ1v) is 6.78. The SMILES string of the molecule is COC(=O)C1CCN(CCc2scnc2C)C1. The average Bonchev–Trinajstić information content (AvgIpc) is 2.94. The summed E-state index contributed by atoms with van der Waals surface area (Å²) in [6, 6.07) is 0. The number of aryl methyl sites for hydroxylation is 1. The number of methoxy groups -OCH3 is 1. The molecule has 1 atom stereocenters. The maximum atomic E-state index is 11.4. The predicted molar refractivity (Wildman–Crippen MR) is 67.1 cm³/mol. The maximum absolute atomic E-state index is 11.4. The number of thiazole rings is 1. The number of ether oxygens (including phenoxy) is 1. The highest BCUT2D eigenvalue weighted by atomic mass is 32.1. The van der Waals surface area contributed by atoms with E-state index in [2.05, 4.69) is 9.88 Å². The van der Waals surface area contributed by atoms with Crippen molar-refractivity contribution in [1.82, 2.24) is 9.88 Å². The highest BCUT2D eigenvalue weighted by molar-refractivity contribution is 7.09. The Morgan fingerprint density at radius 3 is 3.18 bits per heavy atom. The molecule has 4 nitrogen and oxygen atoms in total. The second-order valence-corrected chi connectivity index (χ2v) is 5.36. The first kappa shape index (κ1) is 12.5. The molecule has 0 amide bonds. The van der Waals surface area contributed by atoms with E-state index in [0.29, 0.717) is 0 Å². The van der Waals surface area contributed by atoms with Crippen LogP contribution in [0.15, 0.2) is 5.51 Å². The predicted octanol–water partition coefficient (Wildman–Crippen LogP) is 1.49. The molecule has 2 rings (SSSR count). The van der Waals surface area contributed by atoms with Crippen LogP contribution in [0.1, 0.15) is 17.0 Å². The monoisotopic (exact) mass is 254 g/mol. The number of nitrogens with zero attached hydrogens (tertiary/aromatic N) is 2. The summed E-state index contributed by atoms with van der Waals surface area (Å²) in [5.74, 6) is 0.00373. The van der Waals surface area contributed by atoms with Crippen LogP contribution in [0.5, 0.6) is 0 Å². The van der Waals surface area contributed by atoms with Crippen LogP contribution in [-0.2, 0) is 16.0 Å². The van der Waals surface area contributed by atoms with E-state index in [4.69, 9.17) is 4.74 Å². The highest BCUT2D eigenvalue weighted by Crippen LogP contribution is 2.19. The zero-order valence-electron chi connectivity index (χ0n) is 10.3. The van der Waals surface area contributed by atoms with Crippen molar-refractivity contribution in [3.8, 4) is 0 Å². The van der Waals surface area contributed by atoms with Gasteiger partial charge in [-0.2, -0.15) is 0 Å². The van der Waals surface area contributed by atoms with Gasteiger partial charge in [0.15, 0.2) is 0 Å². The summed E-state index contributed by atoms with van der Waals surface area (Å²) >= 11 is 1.72. The van der Waals surface area contributed by atoms with E-state index in [1.54, 1.807) is 11.3 Å². The molecule has 0 bridgehead atoms. The Labute approximate surface area is 106 Å². The van der Waals surface area contributed by atoms with Crippen molar-refractivity contribution in [3.63, 3.8) is 0 Å². The fourth-order valence-electron chi connectivity index (χ4n) is 2.22. The Balaban J connectivity index is 1.79. The molecule has 2 heterocycles. The lowest BCUT2D eigenvalue weighted by atomic mass is 10.1. The van der Waals surface area contributed by atoms with Gasteiger partial charge in [0, 0.05) is 18.0 Å². The van der Waals surface area contributed by atoms with Crippen LogP contribution in [-0.4, -0.2) is 42.6 Å². The summed E-state index contributed by atoms with van der Waals surface area (Å²) in [4.78, 5) is 19.3. The molecule has 5 heteroatoms. The fourth-order valence-corrected chi connectivity index (χ4v) is 2.99. The minimum atomic E-state index is -0.0681. The number of hydrogen-bond acceptors (Lipinski definition) is 5. The van der Waals surface area contributed by atoms with Crippen molar-refractivity contribution in [2.45, 2.75) is 19.8 Å². The lowest BCUT2D eigenvalue weighted by molar-refractivity contribution is -0.144. The van der Waals surface area contributed by atoms with Gasteiger partial charge in [0.05, 0.1) is 24.2 Å². The second kappa shape index (κ2) is 5.60. The molecular weight excluding hydrogens is 236 g/mol. The van der Waals surface area contributed by atoms with Crippen molar-refractivity contribution in [1.29, 1.82) is 0 Å². The molecule has 1 unspecified atom stereocenters. The molecule has 17 heavy (non-hydrogen) atoms. The van der Waals surface area contributed by atoms with E-state index in [1.165, 1.54) is 12.0 Å². The van der Waals surface area contributed by atoms with E-state index in [9.17, 15) is 4.79 Å². The van der Waals surface area contributed by atoms with Crippen molar-refractivity contribution >= 4 is 17.3 Å². The van der Waals surface area contributed by atoms with Crippen molar-refractivity contribution in [2.24, 2.45) is 5.92 Å². The molecule has 0 aliphatic carbocycles. The number of rotatable bonds is 4. The van der Waals surface area contributed by atoms with Gasteiger partial charge in [-0.1, -0.05) is 0 Å². The van der Waals surface area contributed by atoms with Crippen molar-refractivity contribution in [2.75, 3.05) is 26.7 Å². The molecule has 0 saturated carbocycles. The summed E-state index contributed by atoms with van der Waals surface area (Å²) in [6.45, 7) is 4.89. The van der Waals surface area contributed by atoms with Gasteiger partial charge in [0.1, 0.15) is 0 Å². The molecule has 1 aromatic rings. The molecule has 1 fully saturated rings. The van der Waals surface area contributed by atoms with Gasteiger partial charge in [-0.15, -0.1) is 11.3 Å². The third kappa shape index (κ3) is 3.04. The summed E-state index contributed by atoms with van der Waals surface area (Å²) in [7, 11) is 1.46. The average molecular weight is 254 g/mol. The van der Waals surface area contributed by atoms with E-state index in [-0.39, 0.29) is 11.9 Å². The normalized spacial score (nSPS) is 20.7. The molecular formula is C12H18N2O2S. The highest BCUT2D eigenvalue weighted by Gasteiger charge is 2.28. The lowest BCUT2D eigenvalue weighted by Crippen LogP contribution is -2.25. The maximum Gasteiger partial charge on any atom is 0.310 e. The molecule has 1 aliphatic heterocycles. The van der Waals surface area contributed by atoms with Crippen LogP contribution in [0, 0.1) is 12.8 Å². The summed E-state index contributed by atoms with van der Waals surface area (Å²) in [5.41, 5.74) is 3.03. The van der Waals surface area contributed by atoms with E-state index in [1.807, 2.05) is 12.4 Å². The Morgan fingerprint density at radius 2 is 2.53 bits per heavy atom. The van der Waals surface area contributed by atoms with Gasteiger partial charge in [-0.05, 0) is 26.3 Å². The first-order chi connectivity index (χ1) is 8.20. The quantitative estimate of drug-likeness (QED) is 0.763. The van der Waals surface area contributed by atoms with Crippen LogP contribution in [0.2, 0.25) is 0 Å². The summed E-state index contributed by atoms with van der Waals surface area (Å²) in [5, 5.41) is 0. The molecule has 94 valence electrons. The van der Waals surface area contributed by atoms with Gasteiger partial charge in [0.25, 0.3) is 0 Å². The van der Waals surface area contributed by atoms with Crippen LogP contribution in [0.4, 0.5) is 0 Å². The number of likely N-dealkylation sites (tertiary alicyclic amines) is 1. The van der Waals surface area contributed by atoms with Gasteiger partial charge >= 0.3 is 5.97 Å². The lowest BCUT2D eigenvalue weighted by Gasteiger charge is -2.14. The van der Waals surface area contributed by atoms with Crippen LogP contribution >= 0.6 is 11.3 Å². The van der Waals surface area contributed by atoms with Gasteiger partial charge in [-0.3, -0.25) is 4.79 Å². The standard InChI is InChI=1S/C12H18N2O2S/c1-9-11(17-8-13-9)4-6-14-5-3-10(7-14)12(15)16-2/h8,10H,3-7H2,1-2H3. The third-order valence-corrected chi connectivity index (χ3v) is 4.30.